The van der Waals surface area contributed by atoms with Crippen molar-refractivity contribution in [3.05, 3.63) is 29.8 Å². The van der Waals surface area contributed by atoms with Gasteiger partial charge in [0.25, 0.3) is 0 Å². The number of morpholine rings is 1. The average molecular weight is 319 g/mol. The molecule has 2 heterocycles. The van der Waals surface area contributed by atoms with Crippen molar-refractivity contribution in [3.63, 3.8) is 0 Å². The first kappa shape index (κ1) is 16.6. The number of quaternary nitrogens is 1. The van der Waals surface area contributed by atoms with Crippen LogP contribution in [-0.2, 0) is 16.0 Å². The number of carbonyl (C=O) groups is 1. The Balaban J connectivity index is 0.000000217. The van der Waals surface area contributed by atoms with Crippen LogP contribution in [0.2, 0.25) is 0 Å². The Kier molecular flexibility index (Phi) is 5.25. The van der Waals surface area contributed by atoms with Gasteiger partial charge in [0.15, 0.2) is 6.10 Å². The number of benzene rings is 1. The SMILES string of the molecule is O=C([O-])C(F)(F)F.c1ccc2c(c1)CC(C1COCC[NH2+]1)O2. The molecule has 2 N–H and O–H groups in total. The fourth-order valence-corrected chi connectivity index (χ4v) is 2.36. The Morgan fingerprint density at radius 2 is 2.00 bits per heavy atom. The molecule has 5 nitrogen and oxygen atoms in total. The Labute approximate surface area is 125 Å². The van der Waals surface area contributed by atoms with Gasteiger partial charge in [0.2, 0.25) is 0 Å². The molecule has 0 spiro atoms. The number of hydrogen-bond donors (Lipinski definition) is 1. The molecule has 1 aromatic rings. The molecule has 2 atom stereocenters. The third kappa shape index (κ3) is 4.35. The summed E-state index contributed by atoms with van der Waals surface area (Å²) in [6, 6.07) is 8.78. The van der Waals surface area contributed by atoms with Crippen LogP contribution in [0.3, 0.4) is 0 Å². The lowest BCUT2D eigenvalue weighted by Gasteiger charge is -2.25. The van der Waals surface area contributed by atoms with Crippen LogP contribution in [0, 0.1) is 0 Å². The van der Waals surface area contributed by atoms with Gasteiger partial charge in [0.1, 0.15) is 24.4 Å². The third-order valence-corrected chi connectivity index (χ3v) is 3.42. The molecular weight excluding hydrogens is 303 g/mol. The first-order valence-electron chi connectivity index (χ1n) is 6.81. The topological polar surface area (TPSA) is 75.2 Å². The van der Waals surface area contributed by atoms with Crippen molar-refractivity contribution in [3.8, 4) is 5.75 Å². The first-order valence-corrected chi connectivity index (χ1v) is 6.81. The summed E-state index contributed by atoms with van der Waals surface area (Å²) in [5, 5.41) is 11.1. The summed E-state index contributed by atoms with van der Waals surface area (Å²) < 4.78 is 43.0. The number of rotatable bonds is 1. The molecule has 0 saturated carbocycles. The number of alkyl halides is 3. The Morgan fingerprint density at radius 3 is 2.55 bits per heavy atom. The van der Waals surface area contributed by atoms with E-state index >= 15 is 0 Å². The molecule has 2 aliphatic rings. The molecule has 8 heteroatoms. The fraction of sp³-hybridized carbons (Fsp3) is 0.500. The second kappa shape index (κ2) is 6.97. The smallest absolute Gasteiger partial charge is 0.430 e. The van der Waals surface area contributed by atoms with Gasteiger partial charge in [-0.25, -0.2) is 0 Å². The molecule has 1 aromatic carbocycles. The lowest BCUT2D eigenvalue weighted by Crippen LogP contribution is -2.96. The molecule has 2 aliphatic heterocycles. The van der Waals surface area contributed by atoms with Crippen molar-refractivity contribution in [2.24, 2.45) is 0 Å². The molecule has 3 rings (SSSR count). The van der Waals surface area contributed by atoms with E-state index < -0.39 is 12.1 Å². The normalized spacial score (nSPS) is 23.8. The van der Waals surface area contributed by atoms with Crippen LogP contribution >= 0.6 is 0 Å². The highest BCUT2D eigenvalue weighted by Gasteiger charge is 2.34. The van der Waals surface area contributed by atoms with Gasteiger partial charge in [-0.05, 0) is 11.6 Å². The fourth-order valence-electron chi connectivity index (χ4n) is 2.36. The summed E-state index contributed by atoms with van der Waals surface area (Å²) in [4.78, 5) is 8.78. The van der Waals surface area contributed by atoms with Gasteiger partial charge in [-0.15, -0.1) is 0 Å². The second-order valence-electron chi connectivity index (χ2n) is 5.02. The summed E-state index contributed by atoms with van der Waals surface area (Å²) in [6.07, 6.45) is -3.87. The molecule has 0 bridgehead atoms. The summed E-state index contributed by atoms with van der Waals surface area (Å²) in [5.41, 5.74) is 1.33. The van der Waals surface area contributed by atoms with Crippen LogP contribution in [-0.4, -0.2) is 44.0 Å². The minimum atomic E-state index is -5.19. The first-order chi connectivity index (χ1) is 10.4. The average Bonchev–Trinajstić information content (AvgIpc) is 2.92. The van der Waals surface area contributed by atoms with E-state index in [1.54, 1.807) is 0 Å². The third-order valence-electron chi connectivity index (χ3n) is 3.42. The molecule has 0 amide bonds. The number of para-hydroxylation sites is 1. The van der Waals surface area contributed by atoms with Crippen LogP contribution in [0.15, 0.2) is 24.3 Å². The monoisotopic (exact) mass is 319 g/mol. The summed E-state index contributed by atoms with van der Waals surface area (Å²) in [7, 11) is 0. The number of carbonyl (C=O) groups excluding carboxylic acids is 1. The van der Waals surface area contributed by atoms with E-state index in [1.807, 2.05) is 6.07 Å². The number of halogens is 3. The van der Waals surface area contributed by atoms with Gasteiger partial charge in [0.05, 0.1) is 13.2 Å². The van der Waals surface area contributed by atoms with E-state index in [4.69, 9.17) is 19.4 Å². The van der Waals surface area contributed by atoms with Crippen molar-refractivity contribution in [2.75, 3.05) is 19.8 Å². The van der Waals surface area contributed by atoms with E-state index in [-0.39, 0.29) is 0 Å². The zero-order valence-corrected chi connectivity index (χ0v) is 11.6. The van der Waals surface area contributed by atoms with Crippen LogP contribution in [0.1, 0.15) is 5.56 Å². The zero-order valence-electron chi connectivity index (χ0n) is 11.6. The Morgan fingerprint density at radius 1 is 1.32 bits per heavy atom. The molecule has 0 radical (unpaired) electrons. The summed E-state index contributed by atoms with van der Waals surface area (Å²) in [5.74, 6) is -1.95. The van der Waals surface area contributed by atoms with Gasteiger partial charge in [-0.3, -0.25) is 0 Å². The van der Waals surface area contributed by atoms with Gasteiger partial charge in [-0.1, -0.05) is 18.2 Å². The van der Waals surface area contributed by atoms with E-state index in [9.17, 15) is 13.2 Å². The number of carboxylic acid groups (broad SMARTS) is 1. The lowest BCUT2D eigenvalue weighted by molar-refractivity contribution is -0.710. The highest BCUT2D eigenvalue weighted by Crippen LogP contribution is 2.29. The minimum absolute atomic E-state index is 0.294. The number of carboxylic acids is 1. The Hall–Kier alpha value is -1.80. The van der Waals surface area contributed by atoms with E-state index in [0.717, 1.165) is 31.9 Å². The number of nitrogens with two attached hydrogens (primary N) is 1. The maximum absolute atomic E-state index is 10.5. The number of aliphatic carboxylic acids is 1. The van der Waals surface area contributed by atoms with Gasteiger partial charge in [-0.2, -0.15) is 13.2 Å². The standard InChI is InChI=1S/C12H15NO2.C2HF3O2/c1-2-4-11-9(3-1)7-12(15-11)10-8-14-6-5-13-10;3-2(4,5)1(6)7/h1-4,10,12-13H,5-8H2;(H,6,7). The van der Waals surface area contributed by atoms with Crippen LogP contribution in [0.4, 0.5) is 13.2 Å². The maximum atomic E-state index is 10.5. The summed E-state index contributed by atoms with van der Waals surface area (Å²) >= 11 is 0. The van der Waals surface area contributed by atoms with Crippen LogP contribution < -0.4 is 15.2 Å². The molecule has 0 aliphatic carbocycles. The van der Waals surface area contributed by atoms with E-state index in [0.29, 0.717) is 12.1 Å². The number of hydrogen-bond acceptors (Lipinski definition) is 4. The molecular formula is C14H16F3NO4. The minimum Gasteiger partial charge on any atom is -0.542 e. The van der Waals surface area contributed by atoms with E-state index in [1.165, 1.54) is 5.56 Å². The molecule has 22 heavy (non-hydrogen) atoms. The van der Waals surface area contributed by atoms with Crippen molar-refractivity contribution in [2.45, 2.75) is 24.7 Å². The molecule has 1 fully saturated rings. The highest BCUT2D eigenvalue weighted by molar-refractivity contribution is 5.70. The largest absolute Gasteiger partial charge is 0.542 e. The van der Waals surface area contributed by atoms with Crippen molar-refractivity contribution < 1.29 is 37.9 Å². The lowest BCUT2D eigenvalue weighted by atomic mass is 10.0. The van der Waals surface area contributed by atoms with Crippen molar-refractivity contribution in [1.82, 2.24) is 0 Å². The van der Waals surface area contributed by atoms with Crippen LogP contribution in [0.25, 0.3) is 0 Å². The molecule has 0 aromatic heterocycles. The Bertz CT molecular complexity index is 490. The van der Waals surface area contributed by atoms with Crippen molar-refractivity contribution >= 4 is 5.97 Å². The van der Waals surface area contributed by atoms with Crippen molar-refractivity contribution in [1.29, 1.82) is 0 Å². The highest BCUT2D eigenvalue weighted by atomic mass is 19.4. The second-order valence-corrected chi connectivity index (χ2v) is 5.02. The van der Waals surface area contributed by atoms with Gasteiger partial charge >= 0.3 is 6.18 Å². The number of ether oxygens (including phenoxy) is 2. The zero-order chi connectivity index (χ0) is 16.2. The predicted octanol–water partition coefficient (Wildman–Crippen LogP) is -0.749. The maximum Gasteiger partial charge on any atom is 0.430 e. The van der Waals surface area contributed by atoms with Gasteiger partial charge < -0.3 is 24.7 Å². The van der Waals surface area contributed by atoms with Gasteiger partial charge in [0, 0.05) is 6.42 Å². The van der Waals surface area contributed by atoms with Crippen LogP contribution in [0.5, 0.6) is 5.75 Å². The predicted molar refractivity (Wildman–Crippen MR) is 67.0 cm³/mol. The molecule has 1 saturated heterocycles. The molecule has 2 unspecified atom stereocenters. The summed E-state index contributed by atoms with van der Waals surface area (Å²) in [6.45, 7) is 2.75. The van der Waals surface area contributed by atoms with E-state index in [2.05, 4.69) is 23.5 Å². The molecule has 122 valence electrons. The number of fused-ring (bicyclic) bond motifs is 1. The quantitative estimate of drug-likeness (QED) is 0.739.